The molecule has 0 aliphatic heterocycles. The molecule has 3 aromatic rings. The first-order valence-electron chi connectivity index (χ1n) is 14.6. The number of para-hydroxylation sites is 2. The second kappa shape index (κ2) is 11.9. The van der Waals surface area contributed by atoms with Crippen molar-refractivity contribution in [2.75, 3.05) is 18.0 Å². The van der Waals surface area contributed by atoms with E-state index in [9.17, 15) is 0 Å². The van der Waals surface area contributed by atoms with Crippen molar-refractivity contribution < 1.29 is 4.74 Å². The van der Waals surface area contributed by atoms with Gasteiger partial charge in [-0.25, -0.2) is 4.98 Å². The Morgan fingerprint density at radius 3 is 1.36 bits per heavy atom. The van der Waals surface area contributed by atoms with Gasteiger partial charge in [-0.1, -0.05) is 90.1 Å². The van der Waals surface area contributed by atoms with Crippen LogP contribution in [0.5, 0.6) is 6.01 Å². The van der Waals surface area contributed by atoms with Crippen molar-refractivity contribution in [3.05, 3.63) is 95.6 Å². The molecule has 0 saturated heterocycles. The first-order valence-corrected chi connectivity index (χ1v) is 14.6. The molecule has 2 aromatic carbocycles. The zero-order chi connectivity index (χ0) is 31.6. The zero-order valence-corrected chi connectivity index (χ0v) is 26.2. The average Bonchev–Trinajstić information content (AvgIpc) is 3.52. The van der Waals surface area contributed by atoms with Gasteiger partial charge >= 0.3 is 6.01 Å². The Morgan fingerprint density at radius 1 is 0.636 bits per heavy atom. The molecule has 0 saturated carbocycles. The molecule has 2 aliphatic rings. The van der Waals surface area contributed by atoms with Crippen molar-refractivity contribution in [3.63, 3.8) is 0 Å². The van der Waals surface area contributed by atoms with Crippen LogP contribution in [0.1, 0.15) is 65.0 Å². The Hall–Kier alpha value is -4.99. The number of nitrogens with zero attached hydrogens (tertiary/aromatic N) is 5. The second-order valence-corrected chi connectivity index (χ2v) is 12.9. The summed E-state index contributed by atoms with van der Waals surface area (Å²) in [5, 5.41) is 27.6. The van der Waals surface area contributed by atoms with Gasteiger partial charge in [-0.15, -0.1) is 0 Å². The van der Waals surface area contributed by atoms with E-state index in [0.29, 0.717) is 23.1 Å². The normalized spacial score (nSPS) is 20.6. The Bertz CT molecular complexity index is 1570. The topological polar surface area (TPSA) is 144 Å². The second-order valence-electron chi connectivity index (χ2n) is 12.9. The number of nitrogens with one attached hydrogen (secondary N) is 4. The molecule has 10 nitrogen and oxygen atoms in total. The molecule has 5 rings (SSSR count). The van der Waals surface area contributed by atoms with Gasteiger partial charge in [0.25, 0.3) is 0 Å². The number of hydrazone groups is 2. The van der Waals surface area contributed by atoms with E-state index in [1.54, 1.807) is 0 Å². The molecule has 0 bridgehead atoms. The highest BCUT2D eigenvalue weighted by Crippen LogP contribution is 2.39. The molecule has 44 heavy (non-hydrogen) atoms. The summed E-state index contributed by atoms with van der Waals surface area (Å²) in [6, 6.07) is 19.4. The summed E-state index contributed by atoms with van der Waals surface area (Å²) < 4.78 is 5.51. The van der Waals surface area contributed by atoms with Crippen molar-refractivity contribution >= 4 is 34.2 Å². The number of aromatic nitrogens is 3. The minimum Gasteiger partial charge on any atom is -0.467 e. The number of anilines is 2. The molecule has 1 heterocycles. The summed E-state index contributed by atoms with van der Waals surface area (Å²) in [7, 11) is 1.50. The first kappa shape index (κ1) is 30.5. The predicted octanol–water partition coefficient (Wildman–Crippen LogP) is 7.00. The Balaban J connectivity index is 1.53. The molecule has 2 atom stereocenters. The molecule has 226 valence electrons. The molecule has 2 aliphatic carbocycles. The number of hydrogen-bond acceptors (Lipinski definition) is 10. The summed E-state index contributed by atoms with van der Waals surface area (Å²) in [5.41, 5.74) is 10.8. The van der Waals surface area contributed by atoms with E-state index in [0.717, 1.165) is 22.5 Å². The smallest absolute Gasteiger partial charge is 0.319 e. The average molecular weight is 590 g/mol. The minimum atomic E-state index is -0.564. The minimum absolute atomic E-state index is 0.127. The molecule has 2 unspecified atom stereocenters. The number of benzene rings is 2. The molecular formula is C34H39N9O. The summed E-state index contributed by atoms with van der Waals surface area (Å²) in [4.78, 5) is 14.0. The maximum Gasteiger partial charge on any atom is 0.319 e. The van der Waals surface area contributed by atoms with Gasteiger partial charge in [0.1, 0.15) is 23.1 Å². The molecular weight excluding hydrogens is 550 g/mol. The fraction of sp³-hybridized carbons (Fsp3) is 0.324. The van der Waals surface area contributed by atoms with Gasteiger partial charge in [-0.2, -0.15) is 20.2 Å². The van der Waals surface area contributed by atoms with E-state index in [1.807, 2.05) is 72.8 Å². The third-order valence-corrected chi connectivity index (χ3v) is 7.45. The van der Waals surface area contributed by atoms with Crippen LogP contribution < -0.4 is 15.6 Å². The van der Waals surface area contributed by atoms with Crippen LogP contribution >= 0.6 is 0 Å². The fourth-order valence-corrected chi connectivity index (χ4v) is 5.13. The molecule has 0 fully saturated rings. The highest BCUT2D eigenvalue weighted by atomic mass is 16.5. The van der Waals surface area contributed by atoms with Gasteiger partial charge in [0.05, 0.1) is 41.7 Å². The van der Waals surface area contributed by atoms with E-state index in [2.05, 4.69) is 72.6 Å². The monoisotopic (exact) mass is 589 g/mol. The van der Waals surface area contributed by atoms with Crippen LogP contribution in [0.25, 0.3) is 0 Å². The fourth-order valence-electron chi connectivity index (χ4n) is 5.13. The van der Waals surface area contributed by atoms with E-state index < -0.39 is 11.8 Å². The van der Waals surface area contributed by atoms with Gasteiger partial charge < -0.3 is 15.6 Å². The summed E-state index contributed by atoms with van der Waals surface area (Å²) in [5.74, 6) is -0.388. The van der Waals surface area contributed by atoms with Gasteiger partial charge in [0.15, 0.2) is 0 Å². The number of hydrogen-bond donors (Lipinski definition) is 4. The van der Waals surface area contributed by atoms with Crippen molar-refractivity contribution in [2.24, 2.45) is 21.0 Å². The van der Waals surface area contributed by atoms with Crippen LogP contribution in [0.4, 0.5) is 11.4 Å². The van der Waals surface area contributed by atoms with Gasteiger partial charge in [-0.3, -0.25) is 10.9 Å². The Kier molecular flexibility index (Phi) is 8.27. The van der Waals surface area contributed by atoms with Crippen LogP contribution in [0.15, 0.2) is 94.2 Å². The lowest BCUT2D eigenvalue weighted by Crippen LogP contribution is -2.24. The SMILES string of the molecule is COc1nc(C2C=C(C(C)(C)C)C(=NNc3ccccc3)C2=N)nc(C2C=C(C(C)(C)C)C(=NNc3ccccc3)C2=N)n1. The standard InChI is InChI=1S/C34H39N9O/c1-33(2,3)24-18-22(26(35)28(24)42-40-20-14-10-8-11-15-20)30-37-31(39-32(38-30)44-7)23-19-25(34(4,5)6)29(27(23)36)43-41-21-16-12-9-13-17-21/h8-19,22-23,35-36,40-41H,1-7H3. The van der Waals surface area contributed by atoms with Crippen LogP contribution in [0, 0.1) is 21.6 Å². The van der Waals surface area contributed by atoms with Crippen LogP contribution in [-0.2, 0) is 0 Å². The van der Waals surface area contributed by atoms with Crippen molar-refractivity contribution in [1.29, 1.82) is 10.8 Å². The molecule has 0 radical (unpaired) electrons. The highest BCUT2D eigenvalue weighted by molar-refractivity contribution is 6.52. The van der Waals surface area contributed by atoms with E-state index in [-0.39, 0.29) is 28.3 Å². The number of rotatable bonds is 7. The summed E-state index contributed by atoms with van der Waals surface area (Å²) >= 11 is 0. The van der Waals surface area contributed by atoms with E-state index in [4.69, 9.17) is 20.5 Å². The predicted molar refractivity (Wildman–Crippen MR) is 177 cm³/mol. The molecule has 10 heteroatoms. The van der Waals surface area contributed by atoms with Crippen LogP contribution in [-0.4, -0.2) is 44.9 Å². The third-order valence-electron chi connectivity index (χ3n) is 7.45. The van der Waals surface area contributed by atoms with Gasteiger partial charge in [0, 0.05) is 0 Å². The maximum atomic E-state index is 9.16. The van der Waals surface area contributed by atoms with Crippen molar-refractivity contribution in [3.8, 4) is 6.01 Å². The molecule has 1 aromatic heterocycles. The third kappa shape index (κ3) is 6.34. The Labute approximate surface area is 258 Å². The maximum absolute atomic E-state index is 9.16. The highest BCUT2D eigenvalue weighted by Gasteiger charge is 2.40. The number of ether oxygens (including phenoxy) is 1. The lowest BCUT2D eigenvalue weighted by Gasteiger charge is -2.21. The number of methoxy groups -OCH3 is 1. The summed E-state index contributed by atoms with van der Waals surface area (Å²) in [6.07, 6.45) is 4.00. The van der Waals surface area contributed by atoms with Gasteiger partial charge in [0.2, 0.25) is 0 Å². The van der Waals surface area contributed by atoms with Crippen LogP contribution in [0.3, 0.4) is 0 Å². The van der Waals surface area contributed by atoms with E-state index >= 15 is 0 Å². The molecule has 4 N–H and O–H groups in total. The van der Waals surface area contributed by atoms with E-state index in [1.165, 1.54) is 7.11 Å². The molecule has 0 spiro atoms. The lowest BCUT2D eigenvalue weighted by molar-refractivity contribution is 0.373. The van der Waals surface area contributed by atoms with Crippen LogP contribution in [0.2, 0.25) is 0 Å². The quantitative estimate of drug-likeness (QED) is 0.219. The van der Waals surface area contributed by atoms with Gasteiger partial charge in [-0.05, 0) is 46.2 Å². The largest absolute Gasteiger partial charge is 0.467 e. The zero-order valence-electron chi connectivity index (χ0n) is 26.2. The number of allylic oxidation sites excluding steroid dienone is 4. The van der Waals surface area contributed by atoms with Crippen molar-refractivity contribution in [2.45, 2.75) is 53.4 Å². The molecule has 0 amide bonds. The van der Waals surface area contributed by atoms with Crippen molar-refractivity contribution in [1.82, 2.24) is 15.0 Å². The lowest BCUT2D eigenvalue weighted by atomic mass is 9.85. The first-order chi connectivity index (χ1) is 20.9. The summed E-state index contributed by atoms with van der Waals surface area (Å²) in [6.45, 7) is 12.6. The Morgan fingerprint density at radius 2 is 1.02 bits per heavy atom.